The first kappa shape index (κ1) is 22.6. The predicted molar refractivity (Wildman–Crippen MR) is 139 cm³/mol. The first-order valence-corrected chi connectivity index (χ1v) is 12.7. The zero-order chi connectivity index (χ0) is 24.9. The molecule has 2 fully saturated rings. The zero-order valence-electron chi connectivity index (χ0n) is 20.9. The van der Waals surface area contributed by atoms with E-state index < -0.39 is 0 Å². The topological polar surface area (TPSA) is 63.4 Å². The maximum atomic E-state index is 13.4. The van der Waals surface area contributed by atoms with E-state index >= 15 is 0 Å². The summed E-state index contributed by atoms with van der Waals surface area (Å²) in [6, 6.07) is 20.0. The Hall–Kier alpha value is -3.87. The van der Waals surface area contributed by atoms with Gasteiger partial charge in [0.25, 0.3) is 11.8 Å². The number of aromatic nitrogens is 3. The molecule has 6 rings (SSSR count). The maximum absolute atomic E-state index is 13.4. The molecule has 7 heteroatoms. The highest BCUT2D eigenvalue weighted by molar-refractivity contribution is 5.99. The molecule has 0 N–H and O–H groups in total. The number of rotatable bonds is 3. The van der Waals surface area contributed by atoms with Crippen LogP contribution in [-0.4, -0.2) is 62.1 Å². The highest BCUT2D eigenvalue weighted by Crippen LogP contribution is 2.41. The van der Waals surface area contributed by atoms with E-state index in [-0.39, 0.29) is 17.2 Å². The van der Waals surface area contributed by atoms with Crippen molar-refractivity contribution in [1.82, 2.24) is 24.1 Å². The smallest absolute Gasteiger partial charge is 0.270 e. The quantitative estimate of drug-likeness (QED) is 0.435. The van der Waals surface area contributed by atoms with Crippen LogP contribution in [0.2, 0.25) is 0 Å². The normalized spacial score (nSPS) is 17.3. The molecule has 1 spiro atoms. The lowest BCUT2D eigenvalue weighted by Crippen LogP contribution is -2.45. The molecule has 0 bridgehead atoms. The van der Waals surface area contributed by atoms with Crippen LogP contribution in [0, 0.1) is 12.3 Å². The minimum Gasteiger partial charge on any atom is -0.340 e. The van der Waals surface area contributed by atoms with Gasteiger partial charge in [0.05, 0.1) is 23.1 Å². The van der Waals surface area contributed by atoms with Crippen molar-refractivity contribution in [1.29, 1.82) is 0 Å². The minimum absolute atomic E-state index is 0.0561. The fourth-order valence-corrected chi connectivity index (χ4v) is 5.98. The Morgan fingerprint density at radius 1 is 0.861 bits per heavy atom. The average Bonchev–Trinajstić information content (AvgIpc) is 3.60. The lowest BCUT2D eigenvalue weighted by Gasteiger charge is -2.39. The number of para-hydroxylation sites is 2. The van der Waals surface area contributed by atoms with Crippen LogP contribution in [-0.2, 0) is 7.05 Å². The highest BCUT2D eigenvalue weighted by atomic mass is 16.2. The van der Waals surface area contributed by atoms with Crippen molar-refractivity contribution in [2.45, 2.75) is 26.2 Å². The molecular formula is C29H31N5O2. The molecule has 36 heavy (non-hydrogen) atoms. The lowest BCUT2D eigenvalue weighted by atomic mass is 9.77. The molecule has 4 aromatic rings. The van der Waals surface area contributed by atoms with Crippen LogP contribution in [0.15, 0.2) is 66.9 Å². The number of carbonyl (C=O) groups excluding carboxylic acids is 2. The molecule has 0 radical (unpaired) electrons. The van der Waals surface area contributed by atoms with E-state index in [9.17, 15) is 9.59 Å². The van der Waals surface area contributed by atoms with Gasteiger partial charge in [0.1, 0.15) is 5.69 Å². The second-order valence-electron chi connectivity index (χ2n) is 10.3. The van der Waals surface area contributed by atoms with Gasteiger partial charge in [-0.1, -0.05) is 36.4 Å². The molecule has 4 heterocycles. The van der Waals surface area contributed by atoms with Crippen LogP contribution >= 0.6 is 0 Å². The standard InChI is InChI=1S/C29H31N5O2/c1-21-24(19-30-34(21)23-9-4-3-5-10-23)27(35)33-17-14-29(20-33)12-15-32(16-13-29)28(36)26-18-22-8-6-7-11-25(22)31(26)2/h3-11,18-19H,12-17,20H2,1-2H3. The van der Waals surface area contributed by atoms with E-state index in [1.165, 1.54) is 0 Å². The Morgan fingerprint density at radius 2 is 1.53 bits per heavy atom. The van der Waals surface area contributed by atoms with Gasteiger partial charge in [-0.2, -0.15) is 5.10 Å². The fourth-order valence-electron chi connectivity index (χ4n) is 5.98. The van der Waals surface area contributed by atoms with Crippen LogP contribution in [0.3, 0.4) is 0 Å². The SMILES string of the molecule is Cc1c(C(=O)N2CCC3(CCN(C(=O)c4cc5ccccc5n4C)CC3)C2)cnn1-c1ccccc1. The van der Waals surface area contributed by atoms with Gasteiger partial charge in [-0.3, -0.25) is 9.59 Å². The molecule has 7 nitrogen and oxygen atoms in total. The molecular weight excluding hydrogens is 450 g/mol. The number of nitrogens with zero attached hydrogens (tertiary/aromatic N) is 5. The Balaban J connectivity index is 1.12. The first-order valence-electron chi connectivity index (χ1n) is 12.7. The fraction of sp³-hybridized carbons (Fsp3) is 0.345. The highest BCUT2D eigenvalue weighted by Gasteiger charge is 2.43. The molecule has 2 aliphatic rings. The largest absolute Gasteiger partial charge is 0.340 e. The second kappa shape index (κ2) is 8.66. The van der Waals surface area contributed by atoms with Crippen molar-refractivity contribution in [2.75, 3.05) is 26.2 Å². The van der Waals surface area contributed by atoms with E-state index in [0.29, 0.717) is 5.56 Å². The maximum Gasteiger partial charge on any atom is 0.270 e. The molecule has 0 aliphatic carbocycles. The van der Waals surface area contributed by atoms with Crippen molar-refractivity contribution >= 4 is 22.7 Å². The van der Waals surface area contributed by atoms with Crippen molar-refractivity contribution in [3.05, 3.63) is 83.8 Å². The van der Waals surface area contributed by atoms with Crippen LogP contribution < -0.4 is 0 Å². The van der Waals surface area contributed by atoms with E-state index in [0.717, 1.165) is 73.4 Å². The number of amides is 2. The van der Waals surface area contributed by atoms with E-state index in [2.05, 4.69) is 5.10 Å². The second-order valence-corrected chi connectivity index (χ2v) is 10.3. The summed E-state index contributed by atoms with van der Waals surface area (Å²) in [4.78, 5) is 30.7. The van der Waals surface area contributed by atoms with Crippen LogP contribution in [0.5, 0.6) is 0 Å². The summed E-state index contributed by atoms with van der Waals surface area (Å²) in [7, 11) is 1.96. The van der Waals surface area contributed by atoms with Crippen molar-refractivity contribution < 1.29 is 9.59 Å². The van der Waals surface area contributed by atoms with Gasteiger partial charge in [-0.25, -0.2) is 4.68 Å². The molecule has 0 unspecified atom stereocenters. The predicted octanol–water partition coefficient (Wildman–Crippen LogP) is 4.44. The molecule has 184 valence electrons. The van der Waals surface area contributed by atoms with Gasteiger partial charge in [-0.15, -0.1) is 0 Å². The number of fused-ring (bicyclic) bond motifs is 1. The van der Waals surface area contributed by atoms with Gasteiger partial charge < -0.3 is 14.4 Å². The summed E-state index contributed by atoms with van der Waals surface area (Å²) in [5.41, 5.74) is 4.39. The summed E-state index contributed by atoms with van der Waals surface area (Å²) in [6.45, 7) is 4.92. The van der Waals surface area contributed by atoms with E-state index in [4.69, 9.17) is 0 Å². The van der Waals surface area contributed by atoms with Crippen molar-refractivity contribution in [3.63, 3.8) is 0 Å². The molecule has 2 saturated heterocycles. The average molecular weight is 482 g/mol. The Morgan fingerprint density at radius 3 is 2.25 bits per heavy atom. The Labute approximate surface area is 210 Å². The van der Waals surface area contributed by atoms with Gasteiger partial charge in [0.2, 0.25) is 0 Å². The molecule has 0 atom stereocenters. The molecule has 2 aromatic carbocycles. The van der Waals surface area contributed by atoms with Gasteiger partial charge in [-0.05, 0) is 55.9 Å². The van der Waals surface area contributed by atoms with Crippen molar-refractivity contribution in [2.24, 2.45) is 12.5 Å². The summed E-state index contributed by atoms with van der Waals surface area (Å²) in [6.07, 6.45) is 4.53. The van der Waals surface area contributed by atoms with E-state index in [1.807, 2.05) is 93.7 Å². The number of piperidine rings is 1. The molecule has 2 aliphatic heterocycles. The third-order valence-corrected chi connectivity index (χ3v) is 8.25. The summed E-state index contributed by atoms with van der Waals surface area (Å²) in [5.74, 6) is 0.152. The van der Waals surface area contributed by atoms with Crippen LogP contribution in [0.4, 0.5) is 0 Å². The van der Waals surface area contributed by atoms with Gasteiger partial charge in [0.15, 0.2) is 0 Å². The Kier molecular flexibility index (Phi) is 5.43. The third kappa shape index (κ3) is 3.70. The van der Waals surface area contributed by atoms with Crippen LogP contribution in [0.1, 0.15) is 45.8 Å². The number of carbonyl (C=O) groups is 2. The number of hydrogen-bond acceptors (Lipinski definition) is 3. The number of likely N-dealkylation sites (tertiary alicyclic amines) is 2. The van der Waals surface area contributed by atoms with E-state index in [1.54, 1.807) is 6.20 Å². The van der Waals surface area contributed by atoms with Gasteiger partial charge >= 0.3 is 0 Å². The first-order chi connectivity index (χ1) is 17.5. The summed E-state index contributed by atoms with van der Waals surface area (Å²) in [5, 5.41) is 5.58. The lowest BCUT2D eigenvalue weighted by molar-refractivity contribution is 0.0558. The third-order valence-electron chi connectivity index (χ3n) is 8.25. The van der Waals surface area contributed by atoms with Gasteiger partial charge in [0, 0.05) is 44.1 Å². The minimum atomic E-state index is 0.0561. The molecule has 0 saturated carbocycles. The molecule has 2 amide bonds. The summed E-state index contributed by atoms with van der Waals surface area (Å²) >= 11 is 0. The zero-order valence-corrected chi connectivity index (χ0v) is 20.9. The molecule has 2 aromatic heterocycles. The summed E-state index contributed by atoms with van der Waals surface area (Å²) < 4.78 is 3.83. The van der Waals surface area contributed by atoms with Crippen LogP contribution in [0.25, 0.3) is 16.6 Å². The number of benzene rings is 2. The number of aryl methyl sites for hydroxylation is 1. The number of hydrogen-bond donors (Lipinski definition) is 0. The monoisotopic (exact) mass is 481 g/mol. The van der Waals surface area contributed by atoms with Crippen molar-refractivity contribution in [3.8, 4) is 5.69 Å². The Bertz CT molecular complexity index is 1440.